The van der Waals surface area contributed by atoms with Gasteiger partial charge in [-0.05, 0) is 17.9 Å². The van der Waals surface area contributed by atoms with Crippen LogP contribution in [-0.4, -0.2) is 6.54 Å². The Labute approximate surface area is 105 Å². The first-order chi connectivity index (χ1) is 7.48. The molecule has 0 fully saturated rings. The summed E-state index contributed by atoms with van der Waals surface area (Å²) in [5.41, 5.74) is 1.61. The number of rotatable bonds is 3. The van der Waals surface area contributed by atoms with Crippen molar-refractivity contribution in [3.05, 3.63) is 34.7 Å². The standard InChI is InChI=1S/C13H18BrNO/c1-9(14)8-15-11-6-13(2,3)7-12-10(11)4-5-16-12/h4-5,11,15H,1,6-8H2,2-3H3. The molecule has 2 nitrogen and oxygen atoms in total. The average Bonchev–Trinajstić information content (AvgIpc) is 2.59. The monoisotopic (exact) mass is 283 g/mol. The van der Waals surface area contributed by atoms with Crippen LogP contribution in [0.4, 0.5) is 0 Å². The second kappa shape index (κ2) is 4.38. The summed E-state index contributed by atoms with van der Waals surface area (Å²) in [5, 5.41) is 3.51. The molecule has 1 aromatic rings. The summed E-state index contributed by atoms with van der Waals surface area (Å²) in [7, 11) is 0. The van der Waals surface area contributed by atoms with Crippen LogP contribution in [0.15, 0.2) is 27.8 Å². The van der Waals surface area contributed by atoms with E-state index in [2.05, 4.69) is 47.7 Å². The Hall–Kier alpha value is -0.540. The zero-order valence-electron chi connectivity index (χ0n) is 9.85. The Bertz CT molecular complexity index is 394. The third kappa shape index (κ3) is 2.58. The molecule has 0 radical (unpaired) electrons. The van der Waals surface area contributed by atoms with Crippen molar-refractivity contribution in [1.29, 1.82) is 0 Å². The smallest absolute Gasteiger partial charge is 0.109 e. The molecular formula is C13H18BrNO. The zero-order chi connectivity index (χ0) is 11.8. The number of halogens is 1. The fourth-order valence-electron chi connectivity index (χ4n) is 2.39. The minimum Gasteiger partial charge on any atom is -0.469 e. The van der Waals surface area contributed by atoms with E-state index in [9.17, 15) is 0 Å². The van der Waals surface area contributed by atoms with E-state index in [0.717, 1.165) is 29.6 Å². The summed E-state index contributed by atoms with van der Waals surface area (Å²) in [4.78, 5) is 0. The molecule has 0 saturated heterocycles. The lowest BCUT2D eigenvalue weighted by atomic mass is 9.75. The highest BCUT2D eigenvalue weighted by Gasteiger charge is 2.33. The van der Waals surface area contributed by atoms with E-state index >= 15 is 0 Å². The molecule has 0 saturated carbocycles. The molecule has 0 bridgehead atoms. The molecule has 0 aromatic carbocycles. The van der Waals surface area contributed by atoms with Crippen LogP contribution in [-0.2, 0) is 6.42 Å². The number of fused-ring (bicyclic) bond motifs is 1. The van der Waals surface area contributed by atoms with Gasteiger partial charge in [0.05, 0.1) is 6.26 Å². The van der Waals surface area contributed by atoms with E-state index in [1.54, 1.807) is 6.26 Å². The van der Waals surface area contributed by atoms with Gasteiger partial charge >= 0.3 is 0 Å². The highest BCUT2D eigenvalue weighted by molar-refractivity contribution is 9.11. The molecule has 1 unspecified atom stereocenters. The zero-order valence-corrected chi connectivity index (χ0v) is 11.4. The van der Waals surface area contributed by atoms with Crippen LogP contribution >= 0.6 is 15.9 Å². The lowest BCUT2D eigenvalue weighted by molar-refractivity contribution is 0.238. The third-order valence-electron chi connectivity index (χ3n) is 3.09. The Balaban J connectivity index is 2.16. The van der Waals surface area contributed by atoms with Crippen molar-refractivity contribution in [1.82, 2.24) is 5.32 Å². The first-order valence-corrected chi connectivity index (χ1v) is 6.40. The highest BCUT2D eigenvalue weighted by Crippen LogP contribution is 2.41. The summed E-state index contributed by atoms with van der Waals surface area (Å²) in [6, 6.07) is 2.46. The summed E-state index contributed by atoms with van der Waals surface area (Å²) in [6.07, 6.45) is 3.96. The van der Waals surface area contributed by atoms with E-state index in [0.29, 0.717) is 11.5 Å². The van der Waals surface area contributed by atoms with Crippen LogP contribution in [0.3, 0.4) is 0 Å². The van der Waals surface area contributed by atoms with Gasteiger partial charge in [-0.1, -0.05) is 36.4 Å². The second-order valence-electron chi connectivity index (χ2n) is 5.29. The predicted molar refractivity (Wildman–Crippen MR) is 69.6 cm³/mol. The molecule has 0 aliphatic heterocycles. The normalized spacial score (nSPS) is 22.8. The Morgan fingerprint density at radius 3 is 3.12 bits per heavy atom. The fourth-order valence-corrected chi connectivity index (χ4v) is 2.55. The van der Waals surface area contributed by atoms with E-state index in [-0.39, 0.29) is 0 Å². The number of furan rings is 1. The van der Waals surface area contributed by atoms with E-state index in [4.69, 9.17) is 4.42 Å². The summed E-state index contributed by atoms with van der Waals surface area (Å²) >= 11 is 3.38. The average molecular weight is 284 g/mol. The number of nitrogens with one attached hydrogen (secondary N) is 1. The van der Waals surface area contributed by atoms with E-state index in [1.807, 2.05) is 0 Å². The van der Waals surface area contributed by atoms with Gasteiger partial charge in [0.1, 0.15) is 5.76 Å². The summed E-state index contributed by atoms with van der Waals surface area (Å²) < 4.78 is 6.54. The molecular weight excluding hydrogens is 266 g/mol. The molecule has 1 aromatic heterocycles. The van der Waals surface area contributed by atoms with Crippen LogP contribution in [0.5, 0.6) is 0 Å². The fraction of sp³-hybridized carbons (Fsp3) is 0.538. The Morgan fingerprint density at radius 2 is 2.44 bits per heavy atom. The topological polar surface area (TPSA) is 25.2 Å². The highest BCUT2D eigenvalue weighted by atomic mass is 79.9. The molecule has 88 valence electrons. The van der Waals surface area contributed by atoms with Crippen molar-refractivity contribution in [2.75, 3.05) is 6.54 Å². The predicted octanol–water partition coefficient (Wildman–Crippen LogP) is 3.79. The maximum atomic E-state index is 5.55. The molecule has 1 N–H and O–H groups in total. The summed E-state index contributed by atoms with van der Waals surface area (Å²) in [6.45, 7) is 9.22. The SMILES string of the molecule is C=C(Br)CNC1CC(C)(C)Cc2occc21. The molecule has 16 heavy (non-hydrogen) atoms. The van der Waals surface area contributed by atoms with Crippen molar-refractivity contribution in [2.45, 2.75) is 32.7 Å². The van der Waals surface area contributed by atoms with Crippen LogP contribution < -0.4 is 5.32 Å². The molecule has 3 heteroatoms. The van der Waals surface area contributed by atoms with Gasteiger partial charge in [0.2, 0.25) is 0 Å². The van der Waals surface area contributed by atoms with Gasteiger partial charge in [-0.2, -0.15) is 0 Å². The molecule has 1 aliphatic carbocycles. The number of hydrogen-bond acceptors (Lipinski definition) is 2. The molecule has 1 aliphatic rings. The molecule has 1 atom stereocenters. The molecule has 0 spiro atoms. The first-order valence-electron chi connectivity index (χ1n) is 5.61. The van der Waals surface area contributed by atoms with Crippen LogP contribution in [0.25, 0.3) is 0 Å². The third-order valence-corrected chi connectivity index (χ3v) is 3.37. The van der Waals surface area contributed by atoms with Crippen molar-refractivity contribution in [3.63, 3.8) is 0 Å². The largest absolute Gasteiger partial charge is 0.469 e. The maximum absolute atomic E-state index is 5.55. The van der Waals surface area contributed by atoms with Gasteiger partial charge in [-0.15, -0.1) is 0 Å². The van der Waals surface area contributed by atoms with Crippen molar-refractivity contribution in [3.8, 4) is 0 Å². The van der Waals surface area contributed by atoms with Crippen molar-refractivity contribution < 1.29 is 4.42 Å². The number of hydrogen-bond donors (Lipinski definition) is 1. The van der Waals surface area contributed by atoms with E-state index in [1.165, 1.54) is 5.56 Å². The maximum Gasteiger partial charge on any atom is 0.109 e. The van der Waals surface area contributed by atoms with Gasteiger partial charge in [-0.25, -0.2) is 0 Å². The Morgan fingerprint density at radius 1 is 1.69 bits per heavy atom. The first kappa shape index (κ1) is 11.9. The molecule has 0 amide bonds. The lowest BCUT2D eigenvalue weighted by Gasteiger charge is -2.34. The van der Waals surface area contributed by atoms with Gasteiger partial charge < -0.3 is 9.73 Å². The molecule has 1 heterocycles. The summed E-state index contributed by atoms with van der Waals surface area (Å²) in [5.74, 6) is 1.13. The lowest BCUT2D eigenvalue weighted by Crippen LogP contribution is -2.33. The van der Waals surface area contributed by atoms with Gasteiger partial charge in [0.15, 0.2) is 0 Å². The van der Waals surface area contributed by atoms with Gasteiger partial charge in [-0.3, -0.25) is 0 Å². The van der Waals surface area contributed by atoms with Crippen LogP contribution in [0.1, 0.15) is 37.6 Å². The van der Waals surface area contributed by atoms with Gasteiger partial charge in [0, 0.05) is 29.1 Å². The quantitative estimate of drug-likeness (QED) is 0.913. The van der Waals surface area contributed by atoms with Gasteiger partial charge in [0.25, 0.3) is 0 Å². The molecule has 2 rings (SSSR count). The van der Waals surface area contributed by atoms with Crippen molar-refractivity contribution >= 4 is 15.9 Å². The minimum atomic E-state index is 0.302. The van der Waals surface area contributed by atoms with E-state index < -0.39 is 0 Å². The van der Waals surface area contributed by atoms with Crippen LogP contribution in [0, 0.1) is 5.41 Å². The van der Waals surface area contributed by atoms with Crippen LogP contribution in [0.2, 0.25) is 0 Å². The minimum absolute atomic E-state index is 0.302. The Kier molecular flexibility index (Phi) is 3.27. The second-order valence-corrected chi connectivity index (χ2v) is 6.42. The van der Waals surface area contributed by atoms with Crippen molar-refractivity contribution in [2.24, 2.45) is 5.41 Å².